The van der Waals surface area contributed by atoms with E-state index in [1.54, 1.807) is 24.4 Å². The van der Waals surface area contributed by atoms with E-state index < -0.39 is 5.97 Å². The number of hydrogen-bond donors (Lipinski definition) is 0. The third kappa shape index (κ3) is 4.38. The second kappa shape index (κ2) is 7.14. The average molecular weight is 281 g/mol. The Morgan fingerprint density at radius 2 is 1.81 bits per heavy atom. The van der Waals surface area contributed by atoms with E-state index in [-0.39, 0.29) is 18.0 Å². The predicted octanol–water partition coefficient (Wildman–Crippen LogP) is 2.80. The molecule has 0 unspecified atom stereocenters. The molecule has 2 aromatic rings. The molecule has 1 heterocycles. The lowest BCUT2D eigenvalue weighted by molar-refractivity contribution is -0.141. The smallest absolute Gasteiger partial charge is 0.342 e. The number of esters is 1. The molecule has 0 saturated carbocycles. The molecule has 0 radical (unpaired) electrons. The number of rotatable bonds is 5. The van der Waals surface area contributed by atoms with Crippen LogP contribution in [0.1, 0.15) is 18.2 Å². The Hall–Kier alpha value is -2.75. The summed E-state index contributed by atoms with van der Waals surface area (Å²) >= 11 is 0. The fraction of sp³-hybridized carbons (Fsp3) is 0.118. The highest BCUT2D eigenvalue weighted by molar-refractivity contribution is 6.19. The lowest BCUT2D eigenvalue weighted by Gasteiger charge is -2.06. The highest BCUT2D eigenvalue weighted by Crippen LogP contribution is 2.09. The molecule has 1 aromatic heterocycles. The Morgan fingerprint density at radius 3 is 2.43 bits per heavy atom. The van der Waals surface area contributed by atoms with Crippen LogP contribution in [0, 0.1) is 0 Å². The number of nitrogens with zero attached hydrogens (tertiary/aromatic N) is 1. The van der Waals surface area contributed by atoms with E-state index in [2.05, 4.69) is 4.98 Å². The highest BCUT2D eigenvalue weighted by Gasteiger charge is 2.16. The third-order valence-corrected chi connectivity index (χ3v) is 2.79. The van der Waals surface area contributed by atoms with Gasteiger partial charge in [-0.3, -0.25) is 9.78 Å². The summed E-state index contributed by atoms with van der Waals surface area (Å²) in [5.41, 5.74) is 1.40. The standard InChI is InChI=1S/C17H15NO3/c1-13(19)16(11-15-9-5-6-10-18-15)17(20)21-12-14-7-3-2-4-8-14/h2-11H,12H2,1H3/b16-11-. The predicted molar refractivity (Wildman–Crippen MR) is 79.1 cm³/mol. The van der Waals surface area contributed by atoms with Gasteiger partial charge < -0.3 is 4.74 Å². The van der Waals surface area contributed by atoms with Gasteiger partial charge in [0, 0.05) is 6.20 Å². The molecule has 2 rings (SSSR count). The average Bonchev–Trinajstić information content (AvgIpc) is 2.52. The summed E-state index contributed by atoms with van der Waals surface area (Å²) in [6.07, 6.45) is 3.04. The molecule has 0 aliphatic heterocycles. The van der Waals surface area contributed by atoms with E-state index in [1.165, 1.54) is 13.0 Å². The molecule has 0 atom stereocenters. The van der Waals surface area contributed by atoms with Crippen LogP contribution in [0.5, 0.6) is 0 Å². The van der Waals surface area contributed by atoms with Crippen molar-refractivity contribution >= 4 is 17.8 Å². The number of hydrogen-bond acceptors (Lipinski definition) is 4. The van der Waals surface area contributed by atoms with Crippen LogP contribution in [-0.2, 0) is 20.9 Å². The maximum absolute atomic E-state index is 12.0. The molecule has 0 aliphatic carbocycles. The molecule has 0 aliphatic rings. The first-order chi connectivity index (χ1) is 10.2. The minimum Gasteiger partial charge on any atom is -0.457 e. The zero-order chi connectivity index (χ0) is 15.1. The molecule has 0 spiro atoms. The van der Waals surface area contributed by atoms with Crippen LogP contribution in [0.25, 0.3) is 6.08 Å². The first kappa shape index (κ1) is 14.7. The second-order valence-electron chi connectivity index (χ2n) is 4.43. The summed E-state index contributed by atoms with van der Waals surface area (Å²) in [5, 5.41) is 0. The number of ketones is 1. The Kier molecular flexibility index (Phi) is 4.99. The fourth-order valence-corrected chi connectivity index (χ4v) is 1.71. The molecule has 4 nitrogen and oxygen atoms in total. The van der Waals surface area contributed by atoms with Gasteiger partial charge in [-0.2, -0.15) is 0 Å². The largest absolute Gasteiger partial charge is 0.457 e. The minimum atomic E-state index is -0.642. The minimum absolute atomic E-state index is 0.00960. The van der Waals surface area contributed by atoms with Crippen molar-refractivity contribution in [2.45, 2.75) is 13.5 Å². The number of benzene rings is 1. The van der Waals surface area contributed by atoms with E-state index in [9.17, 15) is 9.59 Å². The van der Waals surface area contributed by atoms with E-state index >= 15 is 0 Å². The van der Waals surface area contributed by atoms with Crippen LogP contribution >= 0.6 is 0 Å². The SMILES string of the molecule is CC(=O)/C(=C/c1ccccn1)C(=O)OCc1ccccc1. The number of Topliss-reactive ketones (excluding diaryl/α,β-unsaturated/α-hetero) is 1. The van der Waals surface area contributed by atoms with Crippen LogP contribution in [0.2, 0.25) is 0 Å². The molecule has 0 saturated heterocycles. The van der Waals surface area contributed by atoms with Gasteiger partial charge in [0.2, 0.25) is 0 Å². The van der Waals surface area contributed by atoms with Gasteiger partial charge >= 0.3 is 5.97 Å². The summed E-state index contributed by atoms with van der Waals surface area (Å²) in [6, 6.07) is 14.6. The van der Waals surface area contributed by atoms with Crippen LogP contribution in [0.4, 0.5) is 0 Å². The molecule has 0 amide bonds. The number of carbonyl (C=O) groups is 2. The maximum atomic E-state index is 12.0. The topological polar surface area (TPSA) is 56.3 Å². The first-order valence-electron chi connectivity index (χ1n) is 6.51. The van der Waals surface area contributed by atoms with Crippen molar-refractivity contribution in [1.29, 1.82) is 0 Å². The van der Waals surface area contributed by atoms with Crippen molar-refractivity contribution in [3.8, 4) is 0 Å². The van der Waals surface area contributed by atoms with E-state index in [0.29, 0.717) is 5.69 Å². The molecule has 0 bridgehead atoms. The Labute approximate surface area is 123 Å². The van der Waals surface area contributed by atoms with Crippen LogP contribution < -0.4 is 0 Å². The molecule has 0 fully saturated rings. The third-order valence-electron chi connectivity index (χ3n) is 2.79. The second-order valence-corrected chi connectivity index (χ2v) is 4.43. The molecule has 106 valence electrons. The first-order valence-corrected chi connectivity index (χ1v) is 6.51. The number of pyridine rings is 1. The van der Waals surface area contributed by atoms with Gasteiger partial charge in [-0.05, 0) is 30.7 Å². The molecule has 4 heteroatoms. The van der Waals surface area contributed by atoms with Gasteiger partial charge in [-0.25, -0.2) is 4.79 Å². The van der Waals surface area contributed by atoms with Crippen LogP contribution in [-0.4, -0.2) is 16.7 Å². The van der Waals surface area contributed by atoms with Crippen molar-refractivity contribution in [3.63, 3.8) is 0 Å². The van der Waals surface area contributed by atoms with Gasteiger partial charge in [0.25, 0.3) is 0 Å². The van der Waals surface area contributed by atoms with Gasteiger partial charge in [-0.15, -0.1) is 0 Å². The Bertz CT molecular complexity index is 648. The fourth-order valence-electron chi connectivity index (χ4n) is 1.71. The molecule has 21 heavy (non-hydrogen) atoms. The van der Waals surface area contributed by atoms with Gasteiger partial charge in [0.1, 0.15) is 12.2 Å². The quantitative estimate of drug-likeness (QED) is 0.366. The van der Waals surface area contributed by atoms with Gasteiger partial charge in [0.05, 0.1) is 5.69 Å². The van der Waals surface area contributed by atoms with Gasteiger partial charge in [-0.1, -0.05) is 36.4 Å². The maximum Gasteiger partial charge on any atom is 0.342 e. The molecular formula is C17H15NO3. The van der Waals surface area contributed by atoms with E-state index in [4.69, 9.17) is 4.74 Å². The number of aromatic nitrogens is 1. The van der Waals surface area contributed by atoms with E-state index in [0.717, 1.165) is 5.56 Å². The Morgan fingerprint density at radius 1 is 1.10 bits per heavy atom. The summed E-state index contributed by atoms with van der Waals surface area (Å²) in [4.78, 5) is 27.7. The molecule has 1 aromatic carbocycles. The van der Waals surface area contributed by atoms with Crippen molar-refractivity contribution in [3.05, 3.63) is 71.6 Å². The molecule has 0 N–H and O–H groups in total. The van der Waals surface area contributed by atoms with Crippen molar-refractivity contribution < 1.29 is 14.3 Å². The van der Waals surface area contributed by atoms with Gasteiger partial charge in [0.15, 0.2) is 5.78 Å². The summed E-state index contributed by atoms with van der Waals surface area (Å²) in [6.45, 7) is 1.46. The lowest BCUT2D eigenvalue weighted by atomic mass is 10.1. The lowest BCUT2D eigenvalue weighted by Crippen LogP contribution is -2.13. The number of carbonyl (C=O) groups excluding carboxylic acids is 2. The van der Waals surface area contributed by atoms with E-state index in [1.807, 2.05) is 30.3 Å². The summed E-state index contributed by atoms with van der Waals surface area (Å²) in [7, 11) is 0. The highest BCUT2D eigenvalue weighted by atomic mass is 16.5. The van der Waals surface area contributed by atoms with Crippen molar-refractivity contribution in [1.82, 2.24) is 4.98 Å². The monoisotopic (exact) mass is 281 g/mol. The Balaban J connectivity index is 2.10. The molecular weight excluding hydrogens is 266 g/mol. The number of ether oxygens (including phenoxy) is 1. The summed E-state index contributed by atoms with van der Waals surface area (Å²) < 4.78 is 5.17. The zero-order valence-electron chi connectivity index (χ0n) is 11.7. The van der Waals surface area contributed by atoms with Crippen LogP contribution in [0.15, 0.2) is 60.3 Å². The van der Waals surface area contributed by atoms with Crippen molar-refractivity contribution in [2.24, 2.45) is 0 Å². The summed E-state index contributed by atoms with van der Waals surface area (Å²) in [5.74, 6) is -0.990. The van der Waals surface area contributed by atoms with Crippen LogP contribution in [0.3, 0.4) is 0 Å². The zero-order valence-corrected chi connectivity index (χ0v) is 11.7. The normalized spacial score (nSPS) is 11.0. The van der Waals surface area contributed by atoms with Crippen molar-refractivity contribution in [2.75, 3.05) is 0 Å².